The Hall–Kier alpha value is -3.48. The van der Waals surface area contributed by atoms with Crippen LogP contribution in [0.25, 0.3) is 11.1 Å². The molecule has 0 atom stereocenters. The topological polar surface area (TPSA) is 84.2 Å². The largest absolute Gasteiger partial charge is 0.504 e. The highest BCUT2D eigenvalue weighted by Gasteiger charge is 2.14. The van der Waals surface area contributed by atoms with Crippen molar-refractivity contribution in [3.05, 3.63) is 65.7 Å². The van der Waals surface area contributed by atoms with Gasteiger partial charge in [0.15, 0.2) is 17.9 Å². The lowest BCUT2D eigenvalue weighted by Crippen LogP contribution is -2.12. The molecule has 0 unspecified atom stereocenters. The van der Waals surface area contributed by atoms with Crippen molar-refractivity contribution in [2.45, 2.75) is 0 Å². The fourth-order valence-corrected chi connectivity index (χ4v) is 2.36. The zero-order valence-electron chi connectivity index (χ0n) is 13.2. The maximum Gasteiger partial charge on any atom is 0.255 e. The van der Waals surface area contributed by atoms with Crippen molar-refractivity contribution in [1.29, 1.82) is 0 Å². The number of amides is 1. The summed E-state index contributed by atoms with van der Waals surface area (Å²) in [7, 11) is 1.82. The van der Waals surface area contributed by atoms with Gasteiger partial charge in [-0.15, -0.1) is 0 Å². The second-order valence-corrected chi connectivity index (χ2v) is 5.45. The maximum atomic E-state index is 13.6. The smallest absolute Gasteiger partial charge is 0.255 e. The van der Waals surface area contributed by atoms with E-state index in [1.54, 1.807) is 23.0 Å². The van der Waals surface area contributed by atoms with Gasteiger partial charge in [-0.1, -0.05) is 12.1 Å². The molecule has 25 heavy (non-hydrogen) atoms. The Morgan fingerprint density at radius 1 is 1.24 bits per heavy atom. The number of anilines is 1. The molecule has 2 aromatic carbocycles. The molecule has 0 spiro atoms. The summed E-state index contributed by atoms with van der Waals surface area (Å²) in [6.45, 7) is 0. The molecule has 3 rings (SSSR count). The van der Waals surface area contributed by atoms with Crippen LogP contribution in [0.1, 0.15) is 20.7 Å². The van der Waals surface area contributed by atoms with Crippen molar-refractivity contribution in [3.8, 4) is 16.9 Å². The third-order valence-electron chi connectivity index (χ3n) is 3.66. The molecule has 6 nitrogen and oxygen atoms in total. The van der Waals surface area contributed by atoms with Crippen LogP contribution in [0, 0.1) is 5.82 Å². The van der Waals surface area contributed by atoms with Crippen LogP contribution in [-0.4, -0.2) is 27.1 Å². The van der Waals surface area contributed by atoms with Gasteiger partial charge in [-0.05, 0) is 29.8 Å². The number of benzene rings is 2. The number of phenolic OH excluding ortho intramolecular Hbond substituents is 1. The van der Waals surface area contributed by atoms with E-state index in [1.807, 2.05) is 25.4 Å². The predicted molar refractivity (Wildman–Crippen MR) is 90.0 cm³/mol. The van der Waals surface area contributed by atoms with E-state index in [4.69, 9.17) is 0 Å². The van der Waals surface area contributed by atoms with Crippen LogP contribution in [0.3, 0.4) is 0 Å². The number of aldehydes is 1. The summed E-state index contributed by atoms with van der Waals surface area (Å²) in [6.07, 6.45) is 3.89. The standard InChI is InChI=1S/C18H14FN3O3/c1-22-9-14(8-20-22)11-2-4-15(5-3-11)21-18(25)12-6-13(10-23)17(24)16(19)7-12/h2-10,24H,1H3,(H,21,25). The highest BCUT2D eigenvalue weighted by atomic mass is 19.1. The molecule has 7 heteroatoms. The van der Waals surface area contributed by atoms with Crippen molar-refractivity contribution in [2.24, 2.45) is 7.05 Å². The Kier molecular flexibility index (Phi) is 4.30. The number of hydrogen-bond acceptors (Lipinski definition) is 4. The highest BCUT2D eigenvalue weighted by molar-refractivity contribution is 6.05. The summed E-state index contributed by atoms with van der Waals surface area (Å²) >= 11 is 0. The molecule has 1 amide bonds. The van der Waals surface area contributed by atoms with Gasteiger partial charge >= 0.3 is 0 Å². The summed E-state index contributed by atoms with van der Waals surface area (Å²) in [5.74, 6) is -2.38. The average Bonchev–Trinajstić information content (AvgIpc) is 3.04. The molecule has 0 fully saturated rings. The second kappa shape index (κ2) is 6.56. The van der Waals surface area contributed by atoms with Gasteiger partial charge in [-0.2, -0.15) is 5.10 Å². The van der Waals surface area contributed by atoms with E-state index in [2.05, 4.69) is 10.4 Å². The van der Waals surface area contributed by atoms with Gasteiger partial charge in [0.05, 0.1) is 11.8 Å². The number of halogens is 1. The van der Waals surface area contributed by atoms with Crippen molar-refractivity contribution in [3.63, 3.8) is 0 Å². The molecule has 0 aliphatic rings. The SMILES string of the molecule is Cn1cc(-c2ccc(NC(=O)c3cc(F)c(O)c(C=O)c3)cc2)cn1. The number of aromatic nitrogens is 2. The molecule has 1 aromatic heterocycles. The molecule has 0 saturated heterocycles. The number of phenols is 1. The van der Waals surface area contributed by atoms with E-state index in [9.17, 15) is 19.1 Å². The van der Waals surface area contributed by atoms with Gasteiger partial charge in [0, 0.05) is 30.1 Å². The third-order valence-corrected chi connectivity index (χ3v) is 3.66. The zero-order valence-corrected chi connectivity index (χ0v) is 13.2. The van der Waals surface area contributed by atoms with Gasteiger partial charge in [0.1, 0.15) is 0 Å². The molecule has 3 aromatic rings. The lowest BCUT2D eigenvalue weighted by atomic mass is 10.1. The molecular formula is C18H14FN3O3. The van der Waals surface area contributed by atoms with E-state index in [0.717, 1.165) is 23.3 Å². The molecule has 1 heterocycles. The third kappa shape index (κ3) is 3.40. The molecule has 0 aliphatic heterocycles. The summed E-state index contributed by atoms with van der Waals surface area (Å²) in [5, 5.41) is 16.1. The lowest BCUT2D eigenvalue weighted by Gasteiger charge is -2.08. The Morgan fingerprint density at radius 3 is 2.56 bits per heavy atom. The quantitative estimate of drug-likeness (QED) is 0.716. The van der Waals surface area contributed by atoms with Crippen LogP contribution < -0.4 is 5.32 Å². The predicted octanol–water partition coefficient (Wildman–Crippen LogP) is 3.00. The number of nitrogens with zero attached hydrogens (tertiary/aromatic N) is 2. The molecular weight excluding hydrogens is 325 g/mol. The van der Waals surface area contributed by atoms with Gasteiger partial charge in [0.25, 0.3) is 5.91 Å². The minimum atomic E-state index is -1.03. The van der Waals surface area contributed by atoms with Gasteiger partial charge in [0.2, 0.25) is 0 Å². The first-order valence-corrected chi connectivity index (χ1v) is 7.36. The summed E-state index contributed by atoms with van der Waals surface area (Å²) in [6, 6.07) is 9.06. The van der Waals surface area contributed by atoms with E-state index in [0.29, 0.717) is 5.69 Å². The van der Waals surface area contributed by atoms with Crippen molar-refractivity contribution in [2.75, 3.05) is 5.32 Å². The minimum absolute atomic E-state index is 0.0614. The maximum absolute atomic E-state index is 13.6. The summed E-state index contributed by atoms with van der Waals surface area (Å²) in [4.78, 5) is 23.0. The minimum Gasteiger partial charge on any atom is -0.504 e. The van der Waals surface area contributed by atoms with Crippen LogP contribution in [0.2, 0.25) is 0 Å². The first-order chi connectivity index (χ1) is 12.0. The zero-order chi connectivity index (χ0) is 18.0. The van der Waals surface area contributed by atoms with Gasteiger partial charge in [-0.3, -0.25) is 14.3 Å². The van der Waals surface area contributed by atoms with E-state index >= 15 is 0 Å². The fourth-order valence-electron chi connectivity index (χ4n) is 2.36. The van der Waals surface area contributed by atoms with E-state index < -0.39 is 17.5 Å². The lowest BCUT2D eigenvalue weighted by molar-refractivity contribution is 0.102. The number of aryl methyl sites for hydroxylation is 1. The first-order valence-electron chi connectivity index (χ1n) is 7.36. The Balaban J connectivity index is 1.79. The monoisotopic (exact) mass is 339 g/mol. The van der Waals surface area contributed by atoms with Gasteiger partial charge in [-0.25, -0.2) is 4.39 Å². The van der Waals surface area contributed by atoms with Crippen molar-refractivity contribution in [1.82, 2.24) is 9.78 Å². The number of carbonyl (C=O) groups excluding carboxylic acids is 2. The van der Waals surface area contributed by atoms with Crippen LogP contribution in [0.5, 0.6) is 5.75 Å². The van der Waals surface area contributed by atoms with Crippen LogP contribution in [0.4, 0.5) is 10.1 Å². The second-order valence-electron chi connectivity index (χ2n) is 5.45. The normalized spacial score (nSPS) is 10.5. The number of aromatic hydroxyl groups is 1. The van der Waals surface area contributed by atoms with Crippen molar-refractivity contribution >= 4 is 17.9 Å². The van der Waals surface area contributed by atoms with Crippen LogP contribution in [-0.2, 0) is 7.05 Å². The number of nitrogens with one attached hydrogen (secondary N) is 1. The molecule has 2 N–H and O–H groups in total. The molecule has 0 saturated carbocycles. The molecule has 0 aliphatic carbocycles. The van der Waals surface area contributed by atoms with Gasteiger partial charge < -0.3 is 10.4 Å². The van der Waals surface area contributed by atoms with E-state index in [-0.39, 0.29) is 17.4 Å². The number of carbonyl (C=O) groups is 2. The van der Waals surface area contributed by atoms with Crippen molar-refractivity contribution < 1.29 is 19.1 Å². The summed E-state index contributed by atoms with van der Waals surface area (Å²) in [5.41, 5.74) is 2.05. The Bertz CT molecular complexity index is 949. The fraction of sp³-hybridized carbons (Fsp3) is 0.0556. The Morgan fingerprint density at radius 2 is 1.96 bits per heavy atom. The molecule has 0 radical (unpaired) electrons. The van der Waals surface area contributed by atoms with Crippen LogP contribution >= 0.6 is 0 Å². The number of rotatable bonds is 4. The number of hydrogen-bond donors (Lipinski definition) is 2. The van der Waals surface area contributed by atoms with Crippen LogP contribution in [0.15, 0.2) is 48.8 Å². The average molecular weight is 339 g/mol. The van der Waals surface area contributed by atoms with E-state index in [1.165, 1.54) is 0 Å². The Labute approximate surface area is 142 Å². The summed E-state index contributed by atoms with van der Waals surface area (Å²) < 4.78 is 15.3. The first kappa shape index (κ1) is 16.4. The molecule has 126 valence electrons. The highest BCUT2D eigenvalue weighted by Crippen LogP contribution is 2.23. The molecule has 0 bridgehead atoms.